The fourth-order valence-electron chi connectivity index (χ4n) is 3.71. The summed E-state index contributed by atoms with van der Waals surface area (Å²) < 4.78 is 16.2. The number of benzene rings is 1. The Morgan fingerprint density at radius 2 is 1.92 bits per heavy atom. The van der Waals surface area contributed by atoms with Gasteiger partial charge >= 0.3 is 5.97 Å². The number of aliphatic carboxylic acids is 1. The van der Waals surface area contributed by atoms with Gasteiger partial charge in [0.15, 0.2) is 5.60 Å². The van der Waals surface area contributed by atoms with E-state index in [0.29, 0.717) is 17.9 Å². The molecule has 0 radical (unpaired) electrons. The molecule has 0 amide bonds. The van der Waals surface area contributed by atoms with Gasteiger partial charge < -0.3 is 24.4 Å². The highest BCUT2D eigenvalue weighted by Crippen LogP contribution is 2.41. The van der Waals surface area contributed by atoms with Crippen LogP contribution in [-0.4, -0.2) is 29.1 Å². The number of carbonyl (C=O) groups is 1. The Labute approximate surface area is 153 Å². The zero-order valence-corrected chi connectivity index (χ0v) is 14.8. The summed E-state index contributed by atoms with van der Waals surface area (Å²) in [6, 6.07) is 6.84. The summed E-state index contributed by atoms with van der Waals surface area (Å²) in [4.78, 5) is 11.8. The van der Waals surface area contributed by atoms with Crippen LogP contribution in [-0.2, 0) is 19.9 Å². The van der Waals surface area contributed by atoms with Crippen LogP contribution in [0.25, 0.3) is 0 Å². The highest BCUT2D eigenvalue weighted by Gasteiger charge is 2.46. The molecule has 0 spiro atoms. The molecule has 6 nitrogen and oxygen atoms in total. The highest BCUT2D eigenvalue weighted by molar-refractivity contribution is 5.79. The second-order valence-corrected chi connectivity index (χ2v) is 6.90. The molecule has 26 heavy (non-hydrogen) atoms. The Kier molecular flexibility index (Phi) is 6.04. The van der Waals surface area contributed by atoms with E-state index in [1.807, 2.05) is 0 Å². The molecule has 1 unspecified atom stereocenters. The zero-order chi connectivity index (χ0) is 18.4. The first-order valence-corrected chi connectivity index (χ1v) is 9.26. The Morgan fingerprint density at radius 1 is 1.19 bits per heavy atom. The SMILES string of the molecule is O=C(O)C(O)(c1cccc(OCCCCC2OC=CO2)c1)C1CCCC1. The van der Waals surface area contributed by atoms with E-state index in [2.05, 4.69) is 0 Å². The van der Waals surface area contributed by atoms with Crippen LogP contribution in [0, 0.1) is 5.92 Å². The summed E-state index contributed by atoms with van der Waals surface area (Å²) in [5.74, 6) is -0.864. The molecule has 1 aromatic rings. The number of hydrogen-bond donors (Lipinski definition) is 2. The topological polar surface area (TPSA) is 85.2 Å². The Morgan fingerprint density at radius 3 is 2.62 bits per heavy atom. The van der Waals surface area contributed by atoms with Crippen molar-refractivity contribution in [2.75, 3.05) is 6.61 Å². The lowest BCUT2D eigenvalue weighted by molar-refractivity contribution is -0.166. The predicted octanol–water partition coefficient (Wildman–Crippen LogP) is 3.54. The normalized spacial score (nSPS) is 19.7. The van der Waals surface area contributed by atoms with Crippen LogP contribution < -0.4 is 4.74 Å². The monoisotopic (exact) mass is 362 g/mol. The molecule has 1 saturated carbocycles. The number of hydrogen-bond acceptors (Lipinski definition) is 5. The molecule has 1 aromatic carbocycles. The summed E-state index contributed by atoms with van der Waals surface area (Å²) in [5, 5.41) is 20.6. The molecule has 1 fully saturated rings. The van der Waals surface area contributed by atoms with Crippen LogP contribution in [0.1, 0.15) is 50.5 Å². The standard InChI is InChI=1S/C20H26O6/c21-19(22)20(23,15-6-1-2-7-15)16-8-5-9-17(14-16)24-11-4-3-10-18-25-12-13-26-18/h5,8-9,12-15,18,23H,1-4,6-7,10-11H2,(H,21,22). The van der Waals surface area contributed by atoms with Crippen LogP contribution in [0.15, 0.2) is 36.8 Å². The van der Waals surface area contributed by atoms with Crippen molar-refractivity contribution in [3.63, 3.8) is 0 Å². The van der Waals surface area contributed by atoms with Crippen molar-refractivity contribution in [1.29, 1.82) is 0 Å². The maximum atomic E-state index is 11.8. The number of carboxylic acids is 1. The third-order valence-corrected chi connectivity index (χ3v) is 5.17. The second-order valence-electron chi connectivity index (χ2n) is 6.90. The maximum Gasteiger partial charge on any atom is 0.340 e. The van der Waals surface area contributed by atoms with E-state index in [4.69, 9.17) is 14.2 Å². The van der Waals surface area contributed by atoms with Gasteiger partial charge in [0.1, 0.15) is 18.3 Å². The van der Waals surface area contributed by atoms with Gasteiger partial charge in [-0.25, -0.2) is 4.79 Å². The van der Waals surface area contributed by atoms with Gasteiger partial charge in [-0.3, -0.25) is 0 Å². The van der Waals surface area contributed by atoms with Gasteiger partial charge in [-0.2, -0.15) is 0 Å². The molecule has 1 aliphatic heterocycles. The van der Waals surface area contributed by atoms with Crippen LogP contribution in [0.4, 0.5) is 0 Å². The van der Waals surface area contributed by atoms with E-state index in [-0.39, 0.29) is 12.2 Å². The summed E-state index contributed by atoms with van der Waals surface area (Å²) >= 11 is 0. The first-order valence-electron chi connectivity index (χ1n) is 9.26. The van der Waals surface area contributed by atoms with Crippen LogP contribution >= 0.6 is 0 Å². The van der Waals surface area contributed by atoms with Crippen molar-refractivity contribution < 1.29 is 29.2 Å². The van der Waals surface area contributed by atoms with Crippen molar-refractivity contribution in [2.45, 2.75) is 56.8 Å². The van der Waals surface area contributed by atoms with Gasteiger partial charge in [0.05, 0.1) is 6.61 Å². The number of rotatable bonds is 9. The highest BCUT2D eigenvalue weighted by atomic mass is 16.7. The summed E-state index contributed by atoms with van der Waals surface area (Å²) in [5.41, 5.74) is -1.45. The Hall–Kier alpha value is -2.21. The van der Waals surface area contributed by atoms with Crippen LogP contribution in [0.2, 0.25) is 0 Å². The molecule has 2 N–H and O–H groups in total. The van der Waals surface area contributed by atoms with Crippen molar-refractivity contribution >= 4 is 5.97 Å². The largest absolute Gasteiger partial charge is 0.494 e. The van der Waals surface area contributed by atoms with Crippen molar-refractivity contribution in [2.24, 2.45) is 5.92 Å². The van der Waals surface area contributed by atoms with E-state index in [1.165, 1.54) is 0 Å². The fraction of sp³-hybridized carbons (Fsp3) is 0.550. The molecule has 0 bridgehead atoms. The molecule has 1 atom stereocenters. The molecule has 3 rings (SSSR count). The van der Waals surface area contributed by atoms with Gasteiger partial charge in [-0.1, -0.05) is 25.0 Å². The summed E-state index contributed by atoms with van der Waals surface area (Å²) in [6.45, 7) is 0.512. The van der Waals surface area contributed by atoms with Gasteiger partial charge in [0.2, 0.25) is 6.29 Å². The van der Waals surface area contributed by atoms with Gasteiger partial charge in [-0.05, 0) is 43.4 Å². The lowest BCUT2D eigenvalue weighted by atomic mass is 9.80. The van der Waals surface area contributed by atoms with Crippen LogP contribution in [0.3, 0.4) is 0 Å². The molecule has 1 aliphatic carbocycles. The molecular formula is C20H26O6. The maximum absolute atomic E-state index is 11.8. The summed E-state index contributed by atoms with van der Waals surface area (Å²) in [6.07, 6.45) is 8.78. The number of aliphatic hydroxyl groups is 1. The first kappa shape index (κ1) is 18.6. The number of carboxylic acid groups (broad SMARTS) is 1. The molecule has 2 aliphatic rings. The lowest BCUT2D eigenvalue weighted by Crippen LogP contribution is -2.42. The van der Waals surface area contributed by atoms with Gasteiger partial charge in [0.25, 0.3) is 0 Å². The molecule has 142 valence electrons. The fourth-order valence-corrected chi connectivity index (χ4v) is 3.71. The van der Waals surface area contributed by atoms with Crippen molar-refractivity contribution in [3.8, 4) is 5.75 Å². The third-order valence-electron chi connectivity index (χ3n) is 5.17. The Bertz CT molecular complexity index is 629. The number of ether oxygens (including phenoxy) is 3. The minimum atomic E-state index is -1.85. The van der Waals surface area contributed by atoms with E-state index in [0.717, 1.165) is 44.9 Å². The van der Waals surface area contributed by atoms with E-state index in [9.17, 15) is 15.0 Å². The van der Waals surface area contributed by atoms with E-state index in [1.54, 1.807) is 36.8 Å². The van der Waals surface area contributed by atoms with E-state index < -0.39 is 11.6 Å². The average molecular weight is 362 g/mol. The summed E-state index contributed by atoms with van der Waals surface area (Å²) in [7, 11) is 0. The molecule has 0 aromatic heterocycles. The van der Waals surface area contributed by atoms with Crippen LogP contribution in [0.5, 0.6) is 5.75 Å². The number of unbranched alkanes of at least 4 members (excludes halogenated alkanes) is 1. The Balaban J connectivity index is 1.55. The molecule has 0 saturated heterocycles. The van der Waals surface area contributed by atoms with Crippen molar-refractivity contribution in [1.82, 2.24) is 0 Å². The zero-order valence-electron chi connectivity index (χ0n) is 14.8. The quantitative estimate of drug-likeness (QED) is 0.654. The van der Waals surface area contributed by atoms with Gasteiger partial charge in [-0.15, -0.1) is 0 Å². The molecule has 6 heteroatoms. The van der Waals surface area contributed by atoms with Gasteiger partial charge in [0, 0.05) is 12.3 Å². The first-order chi connectivity index (χ1) is 12.6. The third kappa shape index (κ3) is 4.12. The second kappa shape index (κ2) is 8.45. The smallest absolute Gasteiger partial charge is 0.340 e. The van der Waals surface area contributed by atoms with Crippen molar-refractivity contribution in [3.05, 3.63) is 42.4 Å². The predicted molar refractivity (Wildman–Crippen MR) is 94.4 cm³/mol. The average Bonchev–Trinajstić information content (AvgIpc) is 3.35. The van der Waals surface area contributed by atoms with E-state index >= 15 is 0 Å². The lowest BCUT2D eigenvalue weighted by Gasteiger charge is -2.30. The molecule has 1 heterocycles. The minimum absolute atomic E-state index is 0.199. The molecular weight excluding hydrogens is 336 g/mol. The minimum Gasteiger partial charge on any atom is -0.494 e.